The highest BCUT2D eigenvalue weighted by molar-refractivity contribution is 5.11. The molecule has 2 nitrogen and oxygen atoms in total. The van der Waals surface area contributed by atoms with E-state index in [-0.39, 0.29) is 11.5 Å². The van der Waals surface area contributed by atoms with E-state index < -0.39 is 5.95 Å². The number of hydrogen-bond donors (Lipinski definition) is 1. The van der Waals surface area contributed by atoms with Crippen LogP contribution in [0.1, 0.15) is 32.5 Å². The van der Waals surface area contributed by atoms with Crippen LogP contribution in [0, 0.1) is 11.4 Å². The molecule has 0 saturated carbocycles. The summed E-state index contributed by atoms with van der Waals surface area (Å²) in [5.41, 5.74) is 6.42. The van der Waals surface area contributed by atoms with Crippen LogP contribution in [0.3, 0.4) is 0 Å². The van der Waals surface area contributed by atoms with Gasteiger partial charge in [0.25, 0.3) is 0 Å². The predicted octanol–water partition coefficient (Wildman–Crippen LogP) is 2.27. The summed E-state index contributed by atoms with van der Waals surface area (Å²) in [6.07, 6.45) is 0. The molecule has 0 unspecified atom stereocenters. The summed E-state index contributed by atoms with van der Waals surface area (Å²) >= 11 is 0. The summed E-state index contributed by atoms with van der Waals surface area (Å²) < 4.78 is 12.7. The topological polar surface area (TPSA) is 38.9 Å². The Labute approximate surface area is 78.0 Å². The normalized spacial score (nSPS) is 14.2. The molecule has 3 heteroatoms. The minimum atomic E-state index is -0.475. The Balaban J connectivity index is 2.96. The minimum absolute atomic E-state index is 0.0964. The molecule has 0 aromatic carbocycles. The maximum absolute atomic E-state index is 12.7. The minimum Gasteiger partial charge on any atom is -0.322 e. The van der Waals surface area contributed by atoms with Crippen LogP contribution < -0.4 is 5.73 Å². The first kappa shape index (κ1) is 10.1. The van der Waals surface area contributed by atoms with Gasteiger partial charge in [0.15, 0.2) is 0 Å². The Morgan fingerprint density at radius 1 is 1.38 bits per heavy atom. The average Bonchev–Trinajstić information content (AvgIpc) is 2.01. The third-order valence-corrected chi connectivity index (χ3v) is 1.99. The number of pyridine rings is 1. The lowest BCUT2D eigenvalue weighted by Crippen LogP contribution is -2.27. The van der Waals surface area contributed by atoms with Crippen LogP contribution in [0.2, 0.25) is 0 Å². The highest BCUT2D eigenvalue weighted by Gasteiger charge is 2.23. The first-order valence-corrected chi connectivity index (χ1v) is 4.29. The van der Waals surface area contributed by atoms with E-state index in [1.165, 1.54) is 6.07 Å². The zero-order chi connectivity index (χ0) is 10.1. The lowest BCUT2D eigenvalue weighted by atomic mass is 9.85. The molecule has 1 rings (SSSR count). The highest BCUT2D eigenvalue weighted by Crippen LogP contribution is 2.28. The zero-order valence-electron chi connectivity index (χ0n) is 8.21. The van der Waals surface area contributed by atoms with Crippen molar-refractivity contribution in [3.8, 4) is 0 Å². The zero-order valence-corrected chi connectivity index (χ0v) is 8.21. The molecule has 0 aliphatic carbocycles. The van der Waals surface area contributed by atoms with Crippen LogP contribution in [0.25, 0.3) is 0 Å². The third-order valence-electron chi connectivity index (χ3n) is 1.99. The first-order chi connectivity index (χ1) is 5.91. The van der Waals surface area contributed by atoms with E-state index in [0.717, 1.165) is 0 Å². The van der Waals surface area contributed by atoms with E-state index in [1.54, 1.807) is 12.1 Å². The molecule has 13 heavy (non-hydrogen) atoms. The van der Waals surface area contributed by atoms with Gasteiger partial charge in [-0.3, -0.25) is 0 Å². The monoisotopic (exact) mass is 182 g/mol. The van der Waals surface area contributed by atoms with Gasteiger partial charge in [0, 0.05) is 0 Å². The van der Waals surface area contributed by atoms with Crippen molar-refractivity contribution in [1.82, 2.24) is 4.98 Å². The van der Waals surface area contributed by atoms with Gasteiger partial charge in [-0.25, -0.2) is 4.98 Å². The van der Waals surface area contributed by atoms with Gasteiger partial charge in [-0.2, -0.15) is 4.39 Å². The maximum Gasteiger partial charge on any atom is 0.213 e. The van der Waals surface area contributed by atoms with Gasteiger partial charge in [0.05, 0.1) is 11.7 Å². The van der Waals surface area contributed by atoms with Gasteiger partial charge in [-0.1, -0.05) is 26.8 Å². The summed E-state index contributed by atoms with van der Waals surface area (Å²) in [7, 11) is 0. The van der Waals surface area contributed by atoms with Crippen LogP contribution in [-0.2, 0) is 0 Å². The van der Waals surface area contributed by atoms with Gasteiger partial charge in [-0.05, 0) is 17.5 Å². The molecule has 1 aromatic rings. The van der Waals surface area contributed by atoms with Crippen molar-refractivity contribution in [2.75, 3.05) is 0 Å². The SMILES string of the molecule is CC(C)(C)[C@@H](N)c1cccc(F)n1. The van der Waals surface area contributed by atoms with E-state index in [4.69, 9.17) is 5.73 Å². The molecule has 72 valence electrons. The fourth-order valence-corrected chi connectivity index (χ4v) is 1.04. The number of hydrogen-bond acceptors (Lipinski definition) is 2. The van der Waals surface area contributed by atoms with Crippen LogP contribution in [-0.4, -0.2) is 4.98 Å². The van der Waals surface area contributed by atoms with Gasteiger partial charge in [0.1, 0.15) is 0 Å². The summed E-state index contributed by atoms with van der Waals surface area (Å²) in [6, 6.07) is 4.46. The predicted molar refractivity (Wildman–Crippen MR) is 50.6 cm³/mol. The van der Waals surface area contributed by atoms with Crippen LogP contribution >= 0.6 is 0 Å². The fraction of sp³-hybridized carbons (Fsp3) is 0.500. The van der Waals surface area contributed by atoms with Gasteiger partial charge in [-0.15, -0.1) is 0 Å². The number of aromatic nitrogens is 1. The van der Waals surface area contributed by atoms with E-state index in [1.807, 2.05) is 20.8 Å². The summed E-state index contributed by atoms with van der Waals surface area (Å²) in [4.78, 5) is 3.75. The molecule has 0 radical (unpaired) electrons. The van der Waals surface area contributed by atoms with Crippen molar-refractivity contribution in [3.63, 3.8) is 0 Å². The van der Waals surface area contributed by atoms with Crippen molar-refractivity contribution in [2.45, 2.75) is 26.8 Å². The Morgan fingerprint density at radius 2 is 2.00 bits per heavy atom. The summed E-state index contributed by atoms with van der Waals surface area (Å²) in [6.45, 7) is 6.01. The largest absolute Gasteiger partial charge is 0.322 e. The molecule has 0 bridgehead atoms. The Hall–Kier alpha value is -0.960. The van der Waals surface area contributed by atoms with Crippen LogP contribution in [0.15, 0.2) is 18.2 Å². The van der Waals surface area contributed by atoms with Gasteiger partial charge < -0.3 is 5.73 Å². The molecule has 0 fully saturated rings. The molecule has 1 atom stereocenters. The second-order valence-corrected chi connectivity index (χ2v) is 4.23. The Morgan fingerprint density at radius 3 is 2.46 bits per heavy atom. The van der Waals surface area contributed by atoms with Gasteiger partial charge >= 0.3 is 0 Å². The molecule has 0 aliphatic heterocycles. The molecule has 0 amide bonds. The number of rotatable bonds is 1. The first-order valence-electron chi connectivity index (χ1n) is 4.29. The van der Waals surface area contributed by atoms with E-state index >= 15 is 0 Å². The van der Waals surface area contributed by atoms with Crippen LogP contribution in [0.5, 0.6) is 0 Å². The number of nitrogens with zero attached hydrogens (tertiary/aromatic N) is 1. The quantitative estimate of drug-likeness (QED) is 0.676. The lowest BCUT2D eigenvalue weighted by molar-refractivity contribution is 0.319. The Bertz CT molecular complexity index is 291. The van der Waals surface area contributed by atoms with Crippen molar-refractivity contribution < 1.29 is 4.39 Å². The maximum atomic E-state index is 12.7. The van der Waals surface area contributed by atoms with E-state index in [2.05, 4.69) is 4.98 Å². The highest BCUT2D eigenvalue weighted by atomic mass is 19.1. The van der Waals surface area contributed by atoms with Crippen LogP contribution in [0.4, 0.5) is 4.39 Å². The third kappa shape index (κ3) is 2.49. The average molecular weight is 182 g/mol. The van der Waals surface area contributed by atoms with Crippen molar-refractivity contribution in [2.24, 2.45) is 11.1 Å². The Kier molecular flexibility index (Phi) is 2.66. The molecule has 0 aliphatic rings. The molecule has 0 saturated heterocycles. The molecule has 0 spiro atoms. The van der Waals surface area contributed by atoms with Crippen molar-refractivity contribution >= 4 is 0 Å². The summed E-state index contributed by atoms with van der Waals surface area (Å²) in [5.74, 6) is -0.475. The number of nitrogens with two attached hydrogens (primary N) is 1. The van der Waals surface area contributed by atoms with Crippen molar-refractivity contribution in [3.05, 3.63) is 29.8 Å². The van der Waals surface area contributed by atoms with E-state index in [9.17, 15) is 4.39 Å². The molecule has 2 N–H and O–H groups in total. The second kappa shape index (κ2) is 3.42. The fourth-order valence-electron chi connectivity index (χ4n) is 1.04. The smallest absolute Gasteiger partial charge is 0.213 e. The molecular weight excluding hydrogens is 167 g/mol. The summed E-state index contributed by atoms with van der Waals surface area (Å²) in [5, 5.41) is 0. The standard InChI is InChI=1S/C10H15FN2/c1-10(2,3)9(12)7-5-4-6-8(11)13-7/h4-6,9H,12H2,1-3H3/t9-/m0/s1. The van der Waals surface area contributed by atoms with E-state index in [0.29, 0.717) is 5.69 Å². The van der Waals surface area contributed by atoms with Gasteiger partial charge in [0.2, 0.25) is 5.95 Å². The molecule has 1 aromatic heterocycles. The van der Waals surface area contributed by atoms with Crippen molar-refractivity contribution in [1.29, 1.82) is 0 Å². The molecular formula is C10H15FN2. The lowest BCUT2D eigenvalue weighted by Gasteiger charge is -2.26. The number of halogens is 1. The second-order valence-electron chi connectivity index (χ2n) is 4.23. The molecule has 1 heterocycles.